The summed E-state index contributed by atoms with van der Waals surface area (Å²) >= 11 is 0. The standard InChI is InChI=1S/C10H12O4/c1-6(2)4-8-5-9(12)14-10(8)13-7(3)11/h4-5,10H,1-3H3. The highest BCUT2D eigenvalue weighted by Gasteiger charge is 2.26. The lowest BCUT2D eigenvalue weighted by Gasteiger charge is -2.11. The van der Waals surface area contributed by atoms with Gasteiger partial charge in [-0.3, -0.25) is 4.79 Å². The molecule has 14 heavy (non-hydrogen) atoms. The van der Waals surface area contributed by atoms with Gasteiger partial charge in [-0.05, 0) is 13.8 Å². The van der Waals surface area contributed by atoms with Gasteiger partial charge in [-0.15, -0.1) is 0 Å². The monoisotopic (exact) mass is 196 g/mol. The predicted molar refractivity (Wildman–Crippen MR) is 49.2 cm³/mol. The molecule has 0 aliphatic carbocycles. The highest BCUT2D eigenvalue weighted by Crippen LogP contribution is 2.19. The third-order valence-corrected chi connectivity index (χ3v) is 1.51. The van der Waals surface area contributed by atoms with E-state index in [1.807, 2.05) is 13.8 Å². The van der Waals surface area contributed by atoms with Crippen molar-refractivity contribution in [1.82, 2.24) is 0 Å². The first-order valence-electron chi connectivity index (χ1n) is 4.23. The molecule has 1 heterocycles. The van der Waals surface area contributed by atoms with Gasteiger partial charge >= 0.3 is 11.9 Å². The summed E-state index contributed by atoms with van der Waals surface area (Å²) in [6.07, 6.45) is 2.19. The zero-order valence-electron chi connectivity index (χ0n) is 8.37. The minimum absolute atomic E-state index is 0.474. The van der Waals surface area contributed by atoms with Crippen molar-refractivity contribution in [3.63, 3.8) is 0 Å². The fourth-order valence-electron chi connectivity index (χ4n) is 1.10. The van der Waals surface area contributed by atoms with Crippen molar-refractivity contribution >= 4 is 11.9 Å². The van der Waals surface area contributed by atoms with Crippen molar-refractivity contribution in [2.45, 2.75) is 27.1 Å². The Kier molecular flexibility index (Phi) is 3.06. The molecule has 0 radical (unpaired) electrons. The van der Waals surface area contributed by atoms with Gasteiger partial charge < -0.3 is 9.47 Å². The van der Waals surface area contributed by atoms with E-state index in [4.69, 9.17) is 9.47 Å². The van der Waals surface area contributed by atoms with Crippen LogP contribution in [0.15, 0.2) is 23.3 Å². The van der Waals surface area contributed by atoms with E-state index >= 15 is 0 Å². The van der Waals surface area contributed by atoms with Gasteiger partial charge in [0, 0.05) is 18.6 Å². The smallest absolute Gasteiger partial charge is 0.334 e. The molecule has 0 aromatic heterocycles. The van der Waals surface area contributed by atoms with Gasteiger partial charge in [-0.2, -0.15) is 0 Å². The van der Waals surface area contributed by atoms with Crippen LogP contribution in [-0.4, -0.2) is 18.2 Å². The number of ether oxygens (including phenoxy) is 2. The molecule has 4 heteroatoms. The summed E-state index contributed by atoms with van der Waals surface area (Å²) in [5.74, 6) is -0.957. The summed E-state index contributed by atoms with van der Waals surface area (Å²) in [6.45, 7) is 5.04. The average Bonchev–Trinajstić information content (AvgIpc) is 2.28. The van der Waals surface area contributed by atoms with Crippen LogP contribution >= 0.6 is 0 Å². The molecule has 0 bridgehead atoms. The summed E-state index contributed by atoms with van der Waals surface area (Å²) in [5.41, 5.74) is 1.58. The van der Waals surface area contributed by atoms with Crippen LogP contribution in [0.4, 0.5) is 0 Å². The second kappa shape index (κ2) is 4.09. The van der Waals surface area contributed by atoms with E-state index < -0.39 is 18.2 Å². The molecule has 0 fully saturated rings. The van der Waals surface area contributed by atoms with E-state index in [0.717, 1.165) is 5.57 Å². The second-order valence-electron chi connectivity index (χ2n) is 3.24. The van der Waals surface area contributed by atoms with Crippen LogP contribution in [0.2, 0.25) is 0 Å². The molecule has 0 aromatic rings. The lowest BCUT2D eigenvalue weighted by molar-refractivity contribution is -0.171. The Labute approximate surface area is 82.2 Å². The summed E-state index contributed by atoms with van der Waals surface area (Å²) in [5, 5.41) is 0. The zero-order valence-corrected chi connectivity index (χ0v) is 8.37. The Morgan fingerprint density at radius 2 is 2.14 bits per heavy atom. The van der Waals surface area contributed by atoms with Crippen LogP contribution in [0.3, 0.4) is 0 Å². The minimum atomic E-state index is -0.880. The zero-order chi connectivity index (χ0) is 10.7. The van der Waals surface area contributed by atoms with Gasteiger partial charge in [-0.25, -0.2) is 4.79 Å². The summed E-state index contributed by atoms with van der Waals surface area (Å²) in [4.78, 5) is 21.6. The molecule has 0 N–H and O–H groups in total. The van der Waals surface area contributed by atoms with E-state index in [0.29, 0.717) is 5.57 Å². The van der Waals surface area contributed by atoms with E-state index in [-0.39, 0.29) is 0 Å². The number of rotatable bonds is 2. The molecular weight excluding hydrogens is 184 g/mol. The highest BCUT2D eigenvalue weighted by molar-refractivity contribution is 5.86. The highest BCUT2D eigenvalue weighted by atomic mass is 16.7. The molecule has 4 nitrogen and oxygen atoms in total. The van der Waals surface area contributed by atoms with E-state index in [1.54, 1.807) is 6.08 Å². The molecule has 76 valence electrons. The number of esters is 2. The third kappa shape index (κ3) is 2.73. The fraction of sp³-hybridized carbons (Fsp3) is 0.400. The Balaban J connectivity index is 2.79. The normalized spacial score (nSPS) is 19.8. The quantitative estimate of drug-likeness (QED) is 0.625. The Hall–Kier alpha value is -1.58. The van der Waals surface area contributed by atoms with Crippen molar-refractivity contribution in [2.24, 2.45) is 0 Å². The summed E-state index contributed by atoms with van der Waals surface area (Å²) < 4.78 is 9.57. The summed E-state index contributed by atoms with van der Waals surface area (Å²) in [6, 6.07) is 0. The SMILES string of the molecule is CC(=O)OC1OC(=O)C=C1C=C(C)C. The summed E-state index contributed by atoms with van der Waals surface area (Å²) in [7, 11) is 0. The molecule has 1 aliphatic heterocycles. The Bertz CT molecular complexity index is 321. The fourth-order valence-corrected chi connectivity index (χ4v) is 1.10. The van der Waals surface area contributed by atoms with Crippen LogP contribution in [-0.2, 0) is 19.1 Å². The van der Waals surface area contributed by atoms with Gasteiger partial charge in [0.1, 0.15) is 0 Å². The maximum atomic E-state index is 10.9. The molecule has 1 unspecified atom stereocenters. The maximum absolute atomic E-state index is 10.9. The number of hydrogen-bond donors (Lipinski definition) is 0. The molecule has 0 saturated heterocycles. The lowest BCUT2D eigenvalue weighted by atomic mass is 10.2. The molecule has 0 spiro atoms. The first-order valence-corrected chi connectivity index (χ1v) is 4.23. The predicted octanol–water partition coefficient (Wildman–Crippen LogP) is 1.32. The van der Waals surface area contributed by atoms with Crippen molar-refractivity contribution < 1.29 is 19.1 Å². The number of cyclic esters (lactones) is 1. The molecule has 1 atom stereocenters. The van der Waals surface area contributed by atoms with E-state index in [1.165, 1.54) is 13.0 Å². The Morgan fingerprint density at radius 3 is 2.64 bits per heavy atom. The van der Waals surface area contributed by atoms with Crippen molar-refractivity contribution in [3.05, 3.63) is 23.3 Å². The minimum Gasteiger partial charge on any atom is -0.421 e. The lowest BCUT2D eigenvalue weighted by Crippen LogP contribution is -2.18. The number of hydrogen-bond acceptors (Lipinski definition) is 4. The van der Waals surface area contributed by atoms with Crippen molar-refractivity contribution in [2.75, 3.05) is 0 Å². The maximum Gasteiger partial charge on any atom is 0.334 e. The van der Waals surface area contributed by atoms with E-state index in [9.17, 15) is 9.59 Å². The van der Waals surface area contributed by atoms with Crippen molar-refractivity contribution in [3.8, 4) is 0 Å². The van der Waals surface area contributed by atoms with Crippen LogP contribution in [0.1, 0.15) is 20.8 Å². The molecule has 0 saturated carbocycles. The van der Waals surface area contributed by atoms with Gasteiger partial charge in [0.05, 0.1) is 0 Å². The number of carbonyl (C=O) groups is 2. The first kappa shape index (κ1) is 10.5. The van der Waals surface area contributed by atoms with Crippen LogP contribution in [0.5, 0.6) is 0 Å². The second-order valence-corrected chi connectivity index (χ2v) is 3.24. The van der Waals surface area contributed by atoms with Gasteiger partial charge in [0.2, 0.25) is 0 Å². The first-order chi connectivity index (χ1) is 6.49. The van der Waals surface area contributed by atoms with Crippen molar-refractivity contribution in [1.29, 1.82) is 0 Å². The van der Waals surface area contributed by atoms with Gasteiger partial charge in [0.25, 0.3) is 6.29 Å². The van der Waals surface area contributed by atoms with Crippen LogP contribution < -0.4 is 0 Å². The van der Waals surface area contributed by atoms with Gasteiger partial charge in [-0.1, -0.05) is 11.6 Å². The number of allylic oxidation sites excluding steroid dienone is 1. The molecule has 1 rings (SSSR count). The topological polar surface area (TPSA) is 52.6 Å². The van der Waals surface area contributed by atoms with E-state index in [2.05, 4.69) is 0 Å². The van der Waals surface area contributed by atoms with Gasteiger partial charge in [0.15, 0.2) is 0 Å². The third-order valence-electron chi connectivity index (χ3n) is 1.51. The molecule has 0 aromatic carbocycles. The number of carbonyl (C=O) groups excluding carboxylic acids is 2. The Morgan fingerprint density at radius 1 is 1.50 bits per heavy atom. The molecule has 0 amide bonds. The van der Waals surface area contributed by atoms with Crippen LogP contribution in [0.25, 0.3) is 0 Å². The average molecular weight is 196 g/mol. The van der Waals surface area contributed by atoms with Crippen LogP contribution in [0, 0.1) is 0 Å². The molecular formula is C10H12O4. The molecule has 1 aliphatic rings. The largest absolute Gasteiger partial charge is 0.421 e.